The van der Waals surface area contributed by atoms with Crippen molar-refractivity contribution in [2.75, 3.05) is 7.11 Å². The Hall–Kier alpha value is -3.86. The van der Waals surface area contributed by atoms with Gasteiger partial charge in [0.2, 0.25) is 5.91 Å². The van der Waals surface area contributed by atoms with Crippen LogP contribution >= 0.6 is 0 Å². The highest BCUT2D eigenvalue weighted by molar-refractivity contribution is 5.74. The topological polar surface area (TPSA) is 47.4 Å². The third-order valence-electron chi connectivity index (χ3n) is 5.20. The van der Waals surface area contributed by atoms with Crippen molar-refractivity contribution in [2.24, 2.45) is 0 Å². The van der Waals surface area contributed by atoms with Crippen LogP contribution in [-0.4, -0.2) is 27.7 Å². The van der Waals surface area contributed by atoms with Gasteiger partial charge in [0.1, 0.15) is 5.75 Å². The number of carbonyl (C=O) groups is 1. The van der Waals surface area contributed by atoms with E-state index in [4.69, 9.17) is 9.84 Å². The van der Waals surface area contributed by atoms with Gasteiger partial charge < -0.3 is 9.64 Å². The Labute approximate surface area is 182 Å². The van der Waals surface area contributed by atoms with E-state index in [9.17, 15) is 4.79 Å². The maximum atomic E-state index is 12.4. The van der Waals surface area contributed by atoms with Gasteiger partial charge in [-0.15, -0.1) is 0 Å². The van der Waals surface area contributed by atoms with Gasteiger partial charge in [-0.05, 0) is 42.0 Å². The number of ether oxygens (including phenoxy) is 1. The van der Waals surface area contributed by atoms with Crippen molar-refractivity contribution < 1.29 is 9.53 Å². The highest BCUT2D eigenvalue weighted by Gasteiger charge is 2.18. The van der Waals surface area contributed by atoms with E-state index in [0.717, 1.165) is 33.8 Å². The summed E-state index contributed by atoms with van der Waals surface area (Å²) in [6, 6.07) is 27.9. The van der Waals surface area contributed by atoms with Crippen molar-refractivity contribution in [3.63, 3.8) is 0 Å². The van der Waals surface area contributed by atoms with Gasteiger partial charge in [-0.3, -0.25) is 4.79 Å². The number of amides is 1. The number of carbonyl (C=O) groups excluding carboxylic acids is 1. The zero-order chi connectivity index (χ0) is 21.6. The molecular formula is C26H25N3O2. The Morgan fingerprint density at radius 1 is 0.903 bits per heavy atom. The van der Waals surface area contributed by atoms with E-state index in [1.807, 2.05) is 101 Å². The first-order chi connectivity index (χ1) is 15.1. The van der Waals surface area contributed by atoms with Gasteiger partial charge in [0.15, 0.2) is 0 Å². The summed E-state index contributed by atoms with van der Waals surface area (Å²) in [7, 11) is 1.65. The van der Waals surface area contributed by atoms with Gasteiger partial charge in [-0.25, -0.2) is 4.68 Å². The summed E-state index contributed by atoms with van der Waals surface area (Å²) < 4.78 is 7.16. The van der Waals surface area contributed by atoms with Crippen LogP contribution in [0, 0.1) is 0 Å². The number of hydrogen-bond donors (Lipinski definition) is 0. The predicted octanol–water partition coefficient (Wildman–Crippen LogP) is 5.10. The van der Waals surface area contributed by atoms with E-state index in [2.05, 4.69) is 0 Å². The first-order valence-electron chi connectivity index (χ1n) is 10.2. The van der Waals surface area contributed by atoms with Crippen molar-refractivity contribution in [3.05, 3.63) is 102 Å². The van der Waals surface area contributed by atoms with Gasteiger partial charge in [-0.1, -0.05) is 48.5 Å². The van der Waals surface area contributed by atoms with Crippen LogP contribution in [0.4, 0.5) is 0 Å². The number of methoxy groups -OCH3 is 1. The number of rotatable bonds is 7. The third kappa shape index (κ3) is 4.83. The summed E-state index contributed by atoms with van der Waals surface area (Å²) in [5.74, 6) is 0.819. The van der Waals surface area contributed by atoms with Crippen molar-refractivity contribution in [1.29, 1.82) is 0 Å². The largest absolute Gasteiger partial charge is 0.497 e. The monoisotopic (exact) mass is 411 g/mol. The molecule has 3 aromatic carbocycles. The lowest BCUT2D eigenvalue weighted by molar-refractivity contribution is -0.130. The van der Waals surface area contributed by atoms with Crippen LogP contribution < -0.4 is 4.74 Å². The number of para-hydroxylation sites is 1. The van der Waals surface area contributed by atoms with Gasteiger partial charge in [0.05, 0.1) is 18.5 Å². The number of nitrogens with zero attached hydrogens (tertiary/aromatic N) is 3. The molecule has 1 aromatic heterocycles. The molecule has 0 fully saturated rings. The Morgan fingerprint density at radius 2 is 1.55 bits per heavy atom. The van der Waals surface area contributed by atoms with Gasteiger partial charge in [0, 0.05) is 37.3 Å². The minimum atomic E-state index is 0.0250. The third-order valence-corrected chi connectivity index (χ3v) is 5.20. The molecule has 4 rings (SSSR count). The second kappa shape index (κ2) is 9.30. The smallest absolute Gasteiger partial charge is 0.220 e. The molecule has 156 valence electrons. The second-order valence-electron chi connectivity index (χ2n) is 7.37. The fourth-order valence-electron chi connectivity index (χ4n) is 3.52. The molecule has 0 saturated heterocycles. The quantitative estimate of drug-likeness (QED) is 0.425. The standard InChI is InChI=1S/C26H25N3O2/c1-20(30)28(17-21-9-5-3-6-10-21)18-23-19-29(24-11-7-4-8-12-24)27-26(23)22-13-15-25(31-2)16-14-22/h3-16,19H,17-18H2,1-2H3. The van der Waals surface area contributed by atoms with Crippen LogP contribution in [0.2, 0.25) is 0 Å². The molecule has 0 bridgehead atoms. The maximum absolute atomic E-state index is 12.4. The highest BCUT2D eigenvalue weighted by Crippen LogP contribution is 2.27. The first-order valence-corrected chi connectivity index (χ1v) is 10.2. The van der Waals surface area contributed by atoms with Crippen LogP contribution in [0.5, 0.6) is 5.75 Å². The maximum Gasteiger partial charge on any atom is 0.220 e. The zero-order valence-electron chi connectivity index (χ0n) is 17.7. The molecule has 0 spiro atoms. The van der Waals surface area contributed by atoms with Crippen molar-refractivity contribution in [1.82, 2.24) is 14.7 Å². The summed E-state index contributed by atoms with van der Waals surface area (Å²) in [6.07, 6.45) is 2.01. The molecular weight excluding hydrogens is 386 g/mol. The Morgan fingerprint density at radius 3 is 2.16 bits per heavy atom. The molecule has 1 amide bonds. The van der Waals surface area contributed by atoms with Crippen molar-refractivity contribution in [3.8, 4) is 22.7 Å². The average Bonchev–Trinajstić information content (AvgIpc) is 3.24. The van der Waals surface area contributed by atoms with Gasteiger partial charge in [-0.2, -0.15) is 5.10 Å². The summed E-state index contributed by atoms with van der Waals surface area (Å²) in [6.45, 7) is 2.63. The molecule has 4 aromatic rings. The molecule has 31 heavy (non-hydrogen) atoms. The lowest BCUT2D eigenvalue weighted by Gasteiger charge is -2.21. The normalized spacial score (nSPS) is 10.6. The van der Waals surface area contributed by atoms with Crippen LogP contribution in [0.3, 0.4) is 0 Å². The molecule has 0 unspecified atom stereocenters. The first kappa shape index (κ1) is 20.4. The lowest BCUT2D eigenvalue weighted by atomic mass is 10.1. The average molecular weight is 412 g/mol. The minimum absolute atomic E-state index is 0.0250. The van der Waals surface area contributed by atoms with Crippen LogP contribution in [0.1, 0.15) is 18.1 Å². The molecule has 1 heterocycles. The summed E-state index contributed by atoms with van der Waals surface area (Å²) in [5.41, 5.74) is 4.89. The Bertz CT molecular complexity index is 1140. The lowest BCUT2D eigenvalue weighted by Crippen LogP contribution is -2.27. The van der Waals surface area contributed by atoms with E-state index in [-0.39, 0.29) is 5.91 Å². The molecule has 5 nitrogen and oxygen atoms in total. The van der Waals surface area contributed by atoms with Crippen molar-refractivity contribution in [2.45, 2.75) is 20.0 Å². The fraction of sp³-hybridized carbons (Fsp3) is 0.154. The van der Waals surface area contributed by atoms with E-state index < -0.39 is 0 Å². The Kier molecular flexibility index (Phi) is 6.13. The predicted molar refractivity (Wildman–Crippen MR) is 122 cm³/mol. The van der Waals surface area contributed by atoms with Gasteiger partial charge in [0.25, 0.3) is 0 Å². The number of benzene rings is 3. The van der Waals surface area contributed by atoms with E-state index >= 15 is 0 Å². The number of aromatic nitrogens is 2. The molecule has 0 aliphatic rings. The second-order valence-corrected chi connectivity index (χ2v) is 7.37. The fourth-order valence-corrected chi connectivity index (χ4v) is 3.52. The zero-order valence-corrected chi connectivity index (χ0v) is 17.7. The van der Waals surface area contributed by atoms with Crippen LogP contribution in [0.25, 0.3) is 16.9 Å². The molecule has 0 radical (unpaired) electrons. The minimum Gasteiger partial charge on any atom is -0.497 e. The van der Waals surface area contributed by atoms with Gasteiger partial charge >= 0.3 is 0 Å². The molecule has 0 atom stereocenters. The summed E-state index contributed by atoms with van der Waals surface area (Å²) in [5, 5.41) is 4.86. The number of hydrogen-bond acceptors (Lipinski definition) is 3. The van der Waals surface area contributed by atoms with Crippen molar-refractivity contribution >= 4 is 5.91 Å². The molecule has 5 heteroatoms. The van der Waals surface area contributed by atoms with Crippen LogP contribution in [0.15, 0.2) is 91.1 Å². The van der Waals surface area contributed by atoms with E-state index in [0.29, 0.717) is 13.1 Å². The van der Waals surface area contributed by atoms with Crippen LogP contribution in [-0.2, 0) is 17.9 Å². The molecule has 0 saturated carbocycles. The van der Waals surface area contributed by atoms with E-state index in [1.54, 1.807) is 14.0 Å². The molecule has 0 aliphatic heterocycles. The Balaban J connectivity index is 1.71. The van der Waals surface area contributed by atoms with E-state index in [1.165, 1.54) is 0 Å². The molecule has 0 aliphatic carbocycles. The summed E-state index contributed by atoms with van der Waals surface area (Å²) >= 11 is 0. The summed E-state index contributed by atoms with van der Waals surface area (Å²) in [4.78, 5) is 14.3. The SMILES string of the molecule is COc1ccc(-c2nn(-c3ccccc3)cc2CN(Cc2ccccc2)C(C)=O)cc1. The molecule has 0 N–H and O–H groups in total. The highest BCUT2D eigenvalue weighted by atomic mass is 16.5.